The zero-order valence-electron chi connectivity index (χ0n) is 13.1. The van der Waals surface area contributed by atoms with Crippen molar-refractivity contribution < 1.29 is 9.90 Å². The Balaban J connectivity index is 2.17. The number of hydrogen-bond donors (Lipinski definition) is 2. The van der Waals surface area contributed by atoms with Gasteiger partial charge < -0.3 is 5.11 Å². The Morgan fingerprint density at radius 3 is 2.64 bits per heavy atom. The molecule has 2 N–H and O–H groups in total. The number of rotatable bonds is 10. The van der Waals surface area contributed by atoms with Gasteiger partial charge >= 0.3 is 0 Å². The monoisotopic (exact) mass is 368 g/mol. The van der Waals surface area contributed by atoms with Gasteiger partial charge in [-0.15, -0.1) is 0 Å². The molecule has 0 heterocycles. The van der Waals surface area contributed by atoms with E-state index in [9.17, 15) is 9.90 Å². The molecule has 0 aliphatic heterocycles. The summed E-state index contributed by atoms with van der Waals surface area (Å²) in [7, 11) is 0. The van der Waals surface area contributed by atoms with Crippen LogP contribution in [0.15, 0.2) is 27.8 Å². The van der Waals surface area contributed by atoms with E-state index in [1.54, 1.807) is 18.2 Å². The lowest BCUT2D eigenvalue weighted by Crippen LogP contribution is -2.16. The summed E-state index contributed by atoms with van der Waals surface area (Å²) in [5.41, 5.74) is 3.05. The molecule has 0 fully saturated rings. The first-order valence-electron chi connectivity index (χ1n) is 7.94. The summed E-state index contributed by atoms with van der Waals surface area (Å²) in [6, 6.07) is 5.05. The van der Waals surface area contributed by atoms with Gasteiger partial charge in [-0.05, 0) is 24.6 Å². The number of aromatic hydroxyl groups is 1. The fraction of sp³-hybridized carbons (Fsp3) is 0.529. The van der Waals surface area contributed by atoms with Crippen molar-refractivity contribution >= 4 is 28.1 Å². The van der Waals surface area contributed by atoms with Crippen LogP contribution >= 0.6 is 15.9 Å². The van der Waals surface area contributed by atoms with Gasteiger partial charge in [-0.25, -0.2) is 5.43 Å². The summed E-state index contributed by atoms with van der Waals surface area (Å²) in [6.45, 7) is 2.21. The Morgan fingerprint density at radius 1 is 1.23 bits per heavy atom. The number of phenols is 1. The molecule has 22 heavy (non-hydrogen) atoms. The van der Waals surface area contributed by atoms with E-state index in [0.717, 1.165) is 17.3 Å². The van der Waals surface area contributed by atoms with Crippen LogP contribution in [-0.4, -0.2) is 17.2 Å². The van der Waals surface area contributed by atoms with Crippen LogP contribution in [0.1, 0.15) is 63.9 Å². The van der Waals surface area contributed by atoms with E-state index >= 15 is 0 Å². The van der Waals surface area contributed by atoms with Gasteiger partial charge in [0.2, 0.25) is 5.91 Å². The second-order valence-electron chi connectivity index (χ2n) is 5.37. The molecule has 1 aromatic rings. The fourth-order valence-corrected chi connectivity index (χ4v) is 2.48. The van der Waals surface area contributed by atoms with E-state index in [1.165, 1.54) is 38.3 Å². The first kappa shape index (κ1) is 18.7. The largest absolute Gasteiger partial charge is 0.507 e. The number of phenolic OH excluding ortho intramolecular Hbond substituents is 1. The highest BCUT2D eigenvalue weighted by molar-refractivity contribution is 9.10. The number of unbranched alkanes of at least 4 members (excludes halogenated alkanes) is 6. The number of halogens is 1. The summed E-state index contributed by atoms with van der Waals surface area (Å²) < 4.78 is 0.848. The van der Waals surface area contributed by atoms with Crippen LogP contribution in [0.2, 0.25) is 0 Å². The van der Waals surface area contributed by atoms with Crippen LogP contribution in [0.3, 0.4) is 0 Å². The molecule has 0 atom stereocenters. The number of hydrazone groups is 1. The molecule has 122 valence electrons. The maximum atomic E-state index is 11.6. The summed E-state index contributed by atoms with van der Waals surface area (Å²) in [4.78, 5) is 11.6. The molecule has 0 bridgehead atoms. The third kappa shape index (κ3) is 8.17. The molecule has 0 aliphatic rings. The topological polar surface area (TPSA) is 61.7 Å². The third-order valence-electron chi connectivity index (χ3n) is 3.39. The molecule has 0 saturated carbocycles. The average molecular weight is 369 g/mol. The Morgan fingerprint density at radius 2 is 1.91 bits per heavy atom. The zero-order chi connectivity index (χ0) is 16.2. The SMILES string of the molecule is CCCCCCCCCC(=O)N/N=C\c1cc(Br)ccc1O. The van der Waals surface area contributed by atoms with Gasteiger partial charge in [0.1, 0.15) is 5.75 Å². The quantitative estimate of drug-likeness (QED) is 0.355. The van der Waals surface area contributed by atoms with Gasteiger partial charge in [0.15, 0.2) is 0 Å². The van der Waals surface area contributed by atoms with Gasteiger partial charge in [0.05, 0.1) is 6.21 Å². The number of nitrogens with one attached hydrogen (secondary N) is 1. The lowest BCUT2D eigenvalue weighted by atomic mass is 10.1. The lowest BCUT2D eigenvalue weighted by molar-refractivity contribution is -0.121. The van der Waals surface area contributed by atoms with Crippen molar-refractivity contribution in [2.75, 3.05) is 0 Å². The summed E-state index contributed by atoms with van der Waals surface area (Å²) >= 11 is 3.32. The van der Waals surface area contributed by atoms with Gasteiger partial charge in [0, 0.05) is 16.5 Å². The van der Waals surface area contributed by atoms with Crippen molar-refractivity contribution in [2.45, 2.75) is 58.3 Å². The summed E-state index contributed by atoms with van der Waals surface area (Å²) in [5.74, 6) is 0.0487. The van der Waals surface area contributed by atoms with Gasteiger partial charge in [-0.2, -0.15) is 5.10 Å². The molecule has 5 heteroatoms. The lowest BCUT2D eigenvalue weighted by Gasteiger charge is -2.02. The van der Waals surface area contributed by atoms with Crippen LogP contribution < -0.4 is 5.43 Å². The molecule has 1 amide bonds. The minimum Gasteiger partial charge on any atom is -0.507 e. The summed E-state index contributed by atoms with van der Waals surface area (Å²) in [5, 5.41) is 13.5. The maximum Gasteiger partial charge on any atom is 0.240 e. The van der Waals surface area contributed by atoms with Crippen LogP contribution in [0.25, 0.3) is 0 Å². The van der Waals surface area contributed by atoms with E-state index in [2.05, 4.69) is 33.4 Å². The fourth-order valence-electron chi connectivity index (χ4n) is 2.10. The number of amides is 1. The molecular weight excluding hydrogens is 344 g/mol. The Labute approximate surface area is 141 Å². The zero-order valence-corrected chi connectivity index (χ0v) is 14.7. The standard InChI is InChI=1S/C17H25BrN2O2/c1-2-3-4-5-6-7-8-9-17(22)20-19-13-14-12-15(18)10-11-16(14)21/h10-13,21H,2-9H2,1H3,(H,20,22)/b19-13-. The molecular formula is C17H25BrN2O2. The first-order valence-corrected chi connectivity index (χ1v) is 8.73. The maximum absolute atomic E-state index is 11.6. The number of nitrogens with zero attached hydrogens (tertiary/aromatic N) is 1. The highest BCUT2D eigenvalue weighted by Gasteiger charge is 2.01. The average Bonchev–Trinajstić information content (AvgIpc) is 2.50. The van der Waals surface area contributed by atoms with Crippen molar-refractivity contribution in [1.29, 1.82) is 0 Å². The number of carbonyl (C=O) groups is 1. The van der Waals surface area contributed by atoms with Crippen LogP contribution in [0, 0.1) is 0 Å². The molecule has 1 aromatic carbocycles. The highest BCUT2D eigenvalue weighted by atomic mass is 79.9. The van der Waals surface area contributed by atoms with Crippen molar-refractivity contribution in [1.82, 2.24) is 5.43 Å². The van der Waals surface area contributed by atoms with Crippen molar-refractivity contribution in [3.8, 4) is 5.75 Å². The highest BCUT2D eigenvalue weighted by Crippen LogP contribution is 2.19. The van der Waals surface area contributed by atoms with Crippen molar-refractivity contribution in [3.05, 3.63) is 28.2 Å². The molecule has 4 nitrogen and oxygen atoms in total. The van der Waals surface area contributed by atoms with Gasteiger partial charge in [-0.3, -0.25) is 4.79 Å². The van der Waals surface area contributed by atoms with Gasteiger partial charge in [0.25, 0.3) is 0 Å². The number of hydrogen-bond acceptors (Lipinski definition) is 3. The van der Waals surface area contributed by atoms with Crippen molar-refractivity contribution in [3.63, 3.8) is 0 Å². The van der Waals surface area contributed by atoms with Crippen LogP contribution in [0.5, 0.6) is 5.75 Å². The molecule has 0 spiro atoms. The number of benzene rings is 1. The van der Waals surface area contributed by atoms with Crippen LogP contribution in [-0.2, 0) is 4.79 Å². The number of carbonyl (C=O) groups excluding carboxylic acids is 1. The Kier molecular flexibility index (Phi) is 9.55. The Hall–Kier alpha value is -1.36. The van der Waals surface area contributed by atoms with E-state index < -0.39 is 0 Å². The van der Waals surface area contributed by atoms with E-state index in [-0.39, 0.29) is 11.7 Å². The van der Waals surface area contributed by atoms with E-state index in [0.29, 0.717) is 12.0 Å². The molecule has 0 aromatic heterocycles. The second-order valence-corrected chi connectivity index (χ2v) is 6.28. The second kappa shape index (κ2) is 11.2. The minimum atomic E-state index is -0.0840. The first-order chi connectivity index (χ1) is 10.6. The van der Waals surface area contributed by atoms with Crippen molar-refractivity contribution in [2.24, 2.45) is 5.10 Å². The van der Waals surface area contributed by atoms with Gasteiger partial charge in [-0.1, -0.05) is 61.4 Å². The molecule has 1 rings (SSSR count). The molecule has 0 unspecified atom stereocenters. The molecule has 0 saturated heterocycles. The third-order valence-corrected chi connectivity index (χ3v) is 3.88. The normalized spacial score (nSPS) is 11.0. The summed E-state index contributed by atoms with van der Waals surface area (Å²) in [6.07, 6.45) is 10.2. The van der Waals surface area contributed by atoms with E-state index in [1.807, 2.05) is 0 Å². The van der Waals surface area contributed by atoms with E-state index in [4.69, 9.17) is 0 Å². The Bertz CT molecular complexity index is 490. The molecule has 0 aliphatic carbocycles. The molecule has 0 radical (unpaired) electrons. The smallest absolute Gasteiger partial charge is 0.240 e. The van der Waals surface area contributed by atoms with Crippen LogP contribution in [0.4, 0.5) is 0 Å². The predicted molar refractivity (Wildman–Crippen MR) is 94.2 cm³/mol. The predicted octanol–water partition coefficient (Wildman–Crippen LogP) is 4.75. The minimum absolute atomic E-state index is 0.0840.